The third kappa shape index (κ3) is 4.53. The van der Waals surface area contributed by atoms with Gasteiger partial charge >= 0.3 is 0 Å². The number of fused-ring (bicyclic) bond motifs is 3. The van der Waals surface area contributed by atoms with Crippen LogP contribution in [0.3, 0.4) is 0 Å². The van der Waals surface area contributed by atoms with Gasteiger partial charge in [-0.25, -0.2) is 9.13 Å². The van der Waals surface area contributed by atoms with E-state index in [1.54, 1.807) is 0 Å². The zero-order valence-electron chi connectivity index (χ0n) is 17.9. The number of benzene rings is 3. The van der Waals surface area contributed by atoms with Crippen LogP contribution in [0.1, 0.15) is 23.2 Å². The van der Waals surface area contributed by atoms with E-state index in [0.29, 0.717) is 6.54 Å². The van der Waals surface area contributed by atoms with Gasteiger partial charge < -0.3 is 21.5 Å². The van der Waals surface area contributed by atoms with Crippen LogP contribution in [-0.2, 0) is 19.6 Å². The van der Waals surface area contributed by atoms with Crippen molar-refractivity contribution in [2.24, 2.45) is 0 Å². The molecule has 3 aromatic carbocycles. The normalized spacial score (nSPS) is 11.0. The maximum absolute atomic E-state index is 12.4. The van der Waals surface area contributed by atoms with E-state index in [9.17, 15) is 4.79 Å². The highest BCUT2D eigenvalue weighted by atomic mass is 79.9. The summed E-state index contributed by atoms with van der Waals surface area (Å²) in [5.74, 6) is 0.134. The fourth-order valence-corrected chi connectivity index (χ4v) is 4.35. The Bertz CT molecular complexity index is 1280. The molecule has 0 spiro atoms. The van der Waals surface area contributed by atoms with Crippen molar-refractivity contribution >= 4 is 27.6 Å². The van der Waals surface area contributed by atoms with Gasteiger partial charge in [-0.05, 0) is 25.0 Å². The second kappa shape index (κ2) is 9.96. The molecule has 5 aromatic rings. The first-order chi connectivity index (χ1) is 15.3. The molecule has 0 atom stereocenters. The molecule has 4 nitrogen and oxygen atoms in total. The largest absolute Gasteiger partial charge is 1.00 e. The topological polar surface area (TPSA) is 30.8 Å². The van der Waals surface area contributed by atoms with E-state index in [4.69, 9.17) is 0 Å². The van der Waals surface area contributed by atoms with E-state index in [1.807, 2.05) is 47.4 Å². The van der Waals surface area contributed by atoms with Crippen LogP contribution < -0.4 is 21.5 Å². The lowest BCUT2D eigenvalue weighted by atomic mass is 10.1. The summed E-state index contributed by atoms with van der Waals surface area (Å²) >= 11 is 0. The zero-order valence-corrected chi connectivity index (χ0v) is 19.5. The quantitative estimate of drug-likeness (QED) is 0.187. The van der Waals surface area contributed by atoms with Gasteiger partial charge in [-0.15, -0.1) is 0 Å². The summed E-state index contributed by atoms with van der Waals surface area (Å²) in [7, 11) is 0. The van der Waals surface area contributed by atoms with E-state index >= 15 is 0 Å². The Hall–Kier alpha value is -3.18. The van der Waals surface area contributed by atoms with Crippen LogP contribution in [0, 0.1) is 0 Å². The minimum absolute atomic E-state index is 0. The van der Waals surface area contributed by atoms with Crippen LogP contribution in [0.2, 0.25) is 0 Å². The minimum atomic E-state index is 0. The van der Waals surface area contributed by atoms with Crippen molar-refractivity contribution in [2.45, 2.75) is 32.5 Å². The van der Waals surface area contributed by atoms with Gasteiger partial charge in [0.1, 0.15) is 12.4 Å². The van der Waals surface area contributed by atoms with Crippen LogP contribution in [-0.4, -0.2) is 14.9 Å². The van der Waals surface area contributed by atoms with E-state index in [1.165, 1.54) is 21.8 Å². The van der Waals surface area contributed by atoms with Gasteiger partial charge in [-0.1, -0.05) is 66.7 Å². The highest BCUT2D eigenvalue weighted by molar-refractivity contribution is 6.07. The van der Waals surface area contributed by atoms with Gasteiger partial charge in [0.25, 0.3) is 0 Å². The van der Waals surface area contributed by atoms with Crippen molar-refractivity contribution in [1.82, 2.24) is 9.13 Å². The van der Waals surface area contributed by atoms with Gasteiger partial charge in [0.2, 0.25) is 12.1 Å². The maximum atomic E-state index is 12.4. The Balaban J connectivity index is 0.00000245. The maximum Gasteiger partial charge on any atom is 0.244 e. The van der Waals surface area contributed by atoms with Gasteiger partial charge in [-0.3, -0.25) is 4.79 Å². The fourth-order valence-electron chi connectivity index (χ4n) is 4.35. The highest BCUT2D eigenvalue weighted by Gasteiger charge is 2.12. The number of para-hydroxylation sites is 2. The third-order valence-corrected chi connectivity index (χ3v) is 5.90. The monoisotopic (exact) mass is 487 g/mol. The van der Waals surface area contributed by atoms with Crippen LogP contribution in [0.5, 0.6) is 0 Å². The molecular formula is C27H26BrN3O. The average molecular weight is 488 g/mol. The molecule has 0 fully saturated rings. The summed E-state index contributed by atoms with van der Waals surface area (Å²) in [4.78, 5) is 12.4. The first-order valence-electron chi connectivity index (χ1n) is 10.9. The molecule has 0 aliphatic rings. The Kier molecular flexibility index (Phi) is 6.86. The first-order valence-corrected chi connectivity index (χ1v) is 10.9. The van der Waals surface area contributed by atoms with Crippen molar-refractivity contribution in [3.63, 3.8) is 0 Å². The lowest BCUT2D eigenvalue weighted by Crippen LogP contribution is -3.00. The molecule has 0 N–H and O–H groups in total. The SMILES string of the molecule is O=C(C[n+]1ccn(CCCCn2c3ccccc3c3ccccc32)c1)c1ccccc1.[Br-]. The Morgan fingerprint density at radius 1 is 0.750 bits per heavy atom. The van der Waals surface area contributed by atoms with Gasteiger partial charge in [-0.2, -0.15) is 0 Å². The third-order valence-electron chi connectivity index (χ3n) is 5.90. The fraction of sp³-hybridized carbons (Fsp3) is 0.185. The van der Waals surface area contributed by atoms with Crippen molar-refractivity contribution in [2.75, 3.05) is 0 Å². The number of rotatable bonds is 8. The standard InChI is InChI=1S/C27H26N3O.BrH/c31-27(22-10-2-1-3-11-22)20-29-19-18-28(21-29)16-8-9-17-30-25-14-6-4-12-23(25)24-13-5-7-15-26(24)30;/h1-7,10-15,18-19,21H,8-9,16-17,20H2;1H/q+1;/p-1. The van der Waals surface area contributed by atoms with Crippen molar-refractivity contribution in [3.05, 3.63) is 103 Å². The van der Waals surface area contributed by atoms with E-state index in [2.05, 4.69) is 63.9 Å². The number of carbonyl (C=O) groups is 1. The molecular weight excluding hydrogens is 462 g/mol. The van der Waals surface area contributed by atoms with Crippen molar-refractivity contribution in [1.29, 1.82) is 0 Å². The summed E-state index contributed by atoms with van der Waals surface area (Å²) in [6, 6.07) is 26.8. The predicted octanol–water partition coefficient (Wildman–Crippen LogP) is 2.25. The summed E-state index contributed by atoms with van der Waals surface area (Å²) < 4.78 is 6.57. The summed E-state index contributed by atoms with van der Waals surface area (Å²) in [6.07, 6.45) is 8.25. The number of ketones is 1. The van der Waals surface area contributed by atoms with Crippen LogP contribution in [0.15, 0.2) is 97.6 Å². The summed E-state index contributed by atoms with van der Waals surface area (Å²) in [6.45, 7) is 2.32. The van der Waals surface area contributed by atoms with Crippen LogP contribution in [0.25, 0.3) is 21.8 Å². The zero-order chi connectivity index (χ0) is 21.0. The smallest absolute Gasteiger partial charge is 0.244 e. The van der Waals surface area contributed by atoms with E-state index in [0.717, 1.165) is 31.5 Å². The molecule has 2 heterocycles. The molecule has 0 amide bonds. The number of carbonyl (C=O) groups excluding carboxylic acids is 1. The van der Waals surface area contributed by atoms with Gasteiger partial charge in [0.05, 0.1) is 6.54 Å². The van der Waals surface area contributed by atoms with Gasteiger partial charge in [0.15, 0.2) is 6.54 Å². The Morgan fingerprint density at radius 2 is 1.34 bits per heavy atom. The molecule has 0 bridgehead atoms. The average Bonchev–Trinajstić information content (AvgIpc) is 3.39. The minimum Gasteiger partial charge on any atom is -1.00 e. The second-order valence-electron chi connectivity index (χ2n) is 8.01. The molecule has 0 aliphatic heterocycles. The number of hydrogen-bond donors (Lipinski definition) is 0. The van der Waals surface area contributed by atoms with E-state index < -0.39 is 0 Å². The molecule has 2 aromatic heterocycles. The second-order valence-corrected chi connectivity index (χ2v) is 8.01. The molecule has 0 saturated heterocycles. The number of hydrogen-bond acceptors (Lipinski definition) is 1. The highest BCUT2D eigenvalue weighted by Crippen LogP contribution is 2.28. The molecule has 0 saturated carbocycles. The predicted molar refractivity (Wildman–Crippen MR) is 124 cm³/mol. The molecule has 0 radical (unpaired) electrons. The lowest BCUT2D eigenvalue weighted by molar-refractivity contribution is -0.682. The Labute approximate surface area is 198 Å². The Morgan fingerprint density at radius 3 is 2.03 bits per heavy atom. The van der Waals surface area contributed by atoms with Crippen LogP contribution in [0.4, 0.5) is 0 Å². The molecule has 0 unspecified atom stereocenters. The molecule has 5 rings (SSSR count). The van der Waals surface area contributed by atoms with E-state index in [-0.39, 0.29) is 22.8 Å². The molecule has 162 valence electrons. The number of Topliss-reactive ketones (excluding diaryl/α,β-unsaturated/α-hetero) is 1. The number of aromatic nitrogens is 3. The number of halogens is 1. The molecule has 32 heavy (non-hydrogen) atoms. The van der Waals surface area contributed by atoms with Gasteiger partial charge in [0, 0.05) is 33.9 Å². The summed E-state index contributed by atoms with van der Waals surface area (Å²) in [5.41, 5.74) is 3.37. The number of aryl methyl sites for hydroxylation is 2. The first kappa shape index (κ1) is 22.0. The molecule has 5 heteroatoms. The van der Waals surface area contributed by atoms with Crippen molar-refractivity contribution < 1.29 is 26.3 Å². The number of unbranched alkanes of at least 4 members (excludes halogenated alkanes) is 1. The summed E-state index contributed by atoms with van der Waals surface area (Å²) in [5, 5.41) is 2.65. The number of imidazole rings is 1. The van der Waals surface area contributed by atoms with Crippen LogP contribution >= 0.6 is 0 Å². The molecule has 0 aliphatic carbocycles. The van der Waals surface area contributed by atoms with Crippen molar-refractivity contribution in [3.8, 4) is 0 Å². The lowest BCUT2D eigenvalue weighted by Gasteiger charge is -2.07. The number of nitrogens with zero attached hydrogens (tertiary/aromatic N) is 3.